The third kappa shape index (κ3) is 8.10. The van der Waals surface area contributed by atoms with Gasteiger partial charge in [-0.1, -0.05) is 41.4 Å². The van der Waals surface area contributed by atoms with Crippen LogP contribution in [-0.4, -0.2) is 40.4 Å². The number of benzene rings is 3. The predicted octanol–water partition coefficient (Wildman–Crippen LogP) is 5.57. The summed E-state index contributed by atoms with van der Waals surface area (Å²) in [6.45, 7) is 1.60. The maximum absolute atomic E-state index is 12.5. The molecule has 0 saturated carbocycles. The topological polar surface area (TPSA) is 97.3 Å². The maximum Gasteiger partial charge on any atom is 0.260 e. The van der Waals surface area contributed by atoms with Crippen molar-refractivity contribution < 1.29 is 22.7 Å². The van der Waals surface area contributed by atoms with Crippen molar-refractivity contribution in [2.45, 2.75) is 13.5 Å². The second-order valence-electron chi connectivity index (χ2n) is 7.96. The zero-order valence-corrected chi connectivity index (χ0v) is 24.1. The summed E-state index contributed by atoms with van der Waals surface area (Å²) in [7, 11) is -2.19. The van der Waals surface area contributed by atoms with E-state index in [0.717, 1.165) is 21.7 Å². The molecule has 0 radical (unpaired) electrons. The molecule has 8 nitrogen and oxygen atoms in total. The molecule has 0 spiro atoms. The van der Waals surface area contributed by atoms with Gasteiger partial charge in [0.2, 0.25) is 10.0 Å². The number of ether oxygens (including phenoxy) is 2. The average molecular weight is 629 g/mol. The van der Waals surface area contributed by atoms with Gasteiger partial charge >= 0.3 is 0 Å². The van der Waals surface area contributed by atoms with Crippen LogP contribution in [0.4, 0.5) is 5.69 Å². The predicted molar refractivity (Wildman–Crippen MR) is 151 cm³/mol. The third-order valence-electron chi connectivity index (χ3n) is 5.02. The van der Waals surface area contributed by atoms with Crippen LogP contribution in [0.15, 0.2) is 64.2 Å². The molecule has 1 amide bonds. The molecule has 3 aromatic carbocycles. The van der Waals surface area contributed by atoms with Gasteiger partial charge in [-0.05, 0) is 70.4 Å². The summed E-state index contributed by atoms with van der Waals surface area (Å²) in [6, 6.07) is 15.4. The highest BCUT2D eigenvalue weighted by atomic mass is 79.9. The molecule has 0 aliphatic rings. The molecular weight excluding hydrogens is 605 g/mol. The number of hydrogen-bond acceptors (Lipinski definition) is 6. The van der Waals surface area contributed by atoms with Crippen LogP contribution in [0.3, 0.4) is 0 Å². The lowest BCUT2D eigenvalue weighted by molar-refractivity contribution is -0.119. The number of carbonyl (C=O) groups is 1. The maximum atomic E-state index is 12.5. The number of rotatable bonds is 10. The lowest BCUT2D eigenvalue weighted by atomic mass is 10.2. The second kappa shape index (κ2) is 12.6. The highest BCUT2D eigenvalue weighted by Gasteiger charge is 2.21. The molecule has 0 bridgehead atoms. The average Bonchev–Trinajstić information content (AvgIpc) is 2.82. The van der Waals surface area contributed by atoms with Gasteiger partial charge in [0.15, 0.2) is 11.5 Å². The quantitative estimate of drug-likeness (QED) is 0.234. The Balaban J connectivity index is 1.69. The molecular formula is C25H24BrCl2N3O5S. The summed E-state index contributed by atoms with van der Waals surface area (Å²) in [5.74, 6) is 0.278. The number of carbonyl (C=O) groups excluding carboxylic acids is 1. The van der Waals surface area contributed by atoms with Gasteiger partial charge in [-0.3, -0.25) is 9.10 Å². The van der Waals surface area contributed by atoms with E-state index in [-0.39, 0.29) is 6.61 Å². The molecule has 1 N–H and O–H groups in total. The fourth-order valence-electron chi connectivity index (χ4n) is 3.27. The Kier molecular flexibility index (Phi) is 9.83. The van der Waals surface area contributed by atoms with Crippen molar-refractivity contribution in [2.24, 2.45) is 5.10 Å². The van der Waals surface area contributed by atoms with Crippen LogP contribution >= 0.6 is 39.1 Å². The summed E-state index contributed by atoms with van der Waals surface area (Å²) >= 11 is 15.6. The number of hydrazone groups is 1. The number of aryl methyl sites for hydroxylation is 1. The van der Waals surface area contributed by atoms with Crippen LogP contribution in [0.5, 0.6) is 11.5 Å². The highest BCUT2D eigenvalue weighted by Crippen LogP contribution is 2.37. The van der Waals surface area contributed by atoms with Crippen LogP contribution in [0.1, 0.15) is 16.7 Å². The Morgan fingerprint density at radius 2 is 1.92 bits per heavy atom. The molecule has 0 saturated heterocycles. The minimum atomic E-state index is -3.69. The molecule has 12 heteroatoms. The molecule has 0 aromatic heterocycles. The molecule has 3 rings (SSSR count). The monoisotopic (exact) mass is 627 g/mol. The van der Waals surface area contributed by atoms with E-state index in [2.05, 4.69) is 26.5 Å². The SMILES string of the molecule is COc1cc(/C=N/NC(=O)CN(c2cccc(C)c2)S(C)(=O)=O)cc(Br)c1OCc1ccc(Cl)cc1Cl. The van der Waals surface area contributed by atoms with Crippen molar-refractivity contribution in [2.75, 3.05) is 24.2 Å². The summed E-state index contributed by atoms with van der Waals surface area (Å²) in [4.78, 5) is 12.5. The van der Waals surface area contributed by atoms with Gasteiger partial charge in [0.1, 0.15) is 13.2 Å². The van der Waals surface area contributed by atoms with Crippen LogP contribution in [-0.2, 0) is 21.4 Å². The van der Waals surface area contributed by atoms with Gasteiger partial charge in [-0.25, -0.2) is 13.8 Å². The Morgan fingerprint density at radius 1 is 1.16 bits per heavy atom. The van der Waals surface area contributed by atoms with Crippen LogP contribution in [0.25, 0.3) is 0 Å². The van der Waals surface area contributed by atoms with E-state index >= 15 is 0 Å². The van der Waals surface area contributed by atoms with Crippen LogP contribution in [0.2, 0.25) is 10.0 Å². The van der Waals surface area contributed by atoms with Gasteiger partial charge in [0.05, 0.1) is 29.7 Å². The number of amides is 1. The fraction of sp³-hybridized carbons (Fsp3) is 0.200. The van der Waals surface area contributed by atoms with Gasteiger partial charge in [0.25, 0.3) is 5.91 Å². The largest absolute Gasteiger partial charge is 0.493 e. The number of methoxy groups -OCH3 is 1. The van der Waals surface area contributed by atoms with Gasteiger partial charge in [-0.15, -0.1) is 0 Å². The van der Waals surface area contributed by atoms with Crippen LogP contribution < -0.4 is 19.2 Å². The Morgan fingerprint density at radius 3 is 2.57 bits per heavy atom. The molecule has 0 aliphatic carbocycles. The molecule has 3 aromatic rings. The zero-order valence-electron chi connectivity index (χ0n) is 20.2. The zero-order chi connectivity index (χ0) is 27.2. The summed E-state index contributed by atoms with van der Waals surface area (Å²) in [6.07, 6.45) is 2.45. The number of hydrogen-bond donors (Lipinski definition) is 1. The van der Waals surface area contributed by atoms with Gasteiger partial charge < -0.3 is 9.47 Å². The van der Waals surface area contributed by atoms with E-state index in [1.807, 2.05) is 13.0 Å². The van der Waals surface area contributed by atoms with E-state index in [1.165, 1.54) is 13.3 Å². The Bertz CT molecular complexity index is 1430. The number of nitrogens with one attached hydrogen (secondary N) is 1. The van der Waals surface area contributed by atoms with Crippen molar-refractivity contribution in [3.63, 3.8) is 0 Å². The standard InChI is InChI=1S/C25H24BrCl2N3O5S/c1-16-5-4-6-20(9-16)31(37(3,33)34)14-24(32)30-29-13-17-10-21(26)25(23(11-17)35-2)36-15-18-7-8-19(27)12-22(18)28/h4-13H,14-15H2,1-3H3,(H,30,32)/b29-13+. The number of sulfonamides is 1. The smallest absolute Gasteiger partial charge is 0.260 e. The molecule has 196 valence electrons. The fourth-order valence-corrected chi connectivity index (χ4v) is 5.16. The van der Waals surface area contributed by atoms with Crippen molar-refractivity contribution >= 4 is 67.0 Å². The molecule has 37 heavy (non-hydrogen) atoms. The van der Waals surface area contributed by atoms with Gasteiger partial charge in [0, 0.05) is 15.6 Å². The summed E-state index contributed by atoms with van der Waals surface area (Å²) in [5.41, 5.74) is 4.97. The molecule has 0 heterocycles. The van der Waals surface area contributed by atoms with Crippen molar-refractivity contribution in [3.8, 4) is 11.5 Å². The first-order valence-corrected chi connectivity index (χ1v) is 14.2. The number of nitrogens with zero attached hydrogens (tertiary/aromatic N) is 2. The number of anilines is 1. The normalized spacial score (nSPS) is 11.4. The van der Waals surface area contributed by atoms with E-state index in [9.17, 15) is 13.2 Å². The van der Waals surface area contributed by atoms with Crippen molar-refractivity contribution in [1.82, 2.24) is 5.43 Å². The van der Waals surface area contributed by atoms with Crippen molar-refractivity contribution in [3.05, 3.63) is 85.8 Å². The Labute approximate surface area is 234 Å². The molecule has 0 fully saturated rings. The van der Waals surface area contributed by atoms with E-state index in [0.29, 0.717) is 37.3 Å². The minimum Gasteiger partial charge on any atom is -0.493 e. The molecule has 0 unspecified atom stereocenters. The van der Waals surface area contributed by atoms with Gasteiger partial charge in [-0.2, -0.15) is 5.10 Å². The van der Waals surface area contributed by atoms with E-state index < -0.39 is 22.5 Å². The van der Waals surface area contributed by atoms with Crippen molar-refractivity contribution in [1.29, 1.82) is 0 Å². The lowest BCUT2D eigenvalue weighted by Crippen LogP contribution is -2.39. The second-order valence-corrected chi connectivity index (χ2v) is 11.6. The van der Waals surface area contributed by atoms with E-state index in [1.54, 1.807) is 48.5 Å². The lowest BCUT2D eigenvalue weighted by Gasteiger charge is -2.21. The first-order chi connectivity index (χ1) is 17.5. The highest BCUT2D eigenvalue weighted by molar-refractivity contribution is 9.10. The Hall–Kier alpha value is -2.79. The molecule has 0 atom stereocenters. The van der Waals surface area contributed by atoms with E-state index in [4.69, 9.17) is 32.7 Å². The first kappa shape index (κ1) is 28.8. The third-order valence-corrected chi connectivity index (χ3v) is 7.34. The summed E-state index contributed by atoms with van der Waals surface area (Å²) < 4.78 is 37.5. The minimum absolute atomic E-state index is 0.187. The summed E-state index contributed by atoms with van der Waals surface area (Å²) in [5, 5.41) is 4.97. The number of halogens is 3. The van der Waals surface area contributed by atoms with Crippen LogP contribution in [0, 0.1) is 6.92 Å². The first-order valence-electron chi connectivity index (χ1n) is 10.8. The molecule has 0 aliphatic heterocycles.